The molecule has 2 heterocycles. The number of para-hydroxylation sites is 2. The first-order valence-electron chi connectivity index (χ1n) is 9.24. The Morgan fingerprint density at radius 1 is 1.24 bits per heavy atom. The fourth-order valence-electron chi connectivity index (χ4n) is 2.94. The number of ether oxygens (including phenoxy) is 2. The van der Waals surface area contributed by atoms with E-state index in [1.807, 2.05) is 56.3 Å². The van der Waals surface area contributed by atoms with Gasteiger partial charge in [-0.25, -0.2) is 0 Å². The number of tetrazole rings is 1. The van der Waals surface area contributed by atoms with Crippen molar-refractivity contribution in [2.45, 2.75) is 25.1 Å². The molecule has 1 aliphatic heterocycles. The molecule has 2 aromatic carbocycles. The molecule has 4 rings (SSSR count). The van der Waals surface area contributed by atoms with E-state index in [1.165, 1.54) is 11.8 Å². The number of aryl methyl sites for hydroxylation is 2. The lowest BCUT2D eigenvalue weighted by Gasteiger charge is -2.26. The summed E-state index contributed by atoms with van der Waals surface area (Å²) in [4.78, 5) is 12.3. The second-order valence-corrected chi connectivity index (χ2v) is 7.70. The molecule has 29 heavy (non-hydrogen) atoms. The summed E-state index contributed by atoms with van der Waals surface area (Å²) in [5.41, 5.74) is 3.08. The summed E-state index contributed by atoms with van der Waals surface area (Å²) >= 11 is 1.29. The molecule has 0 saturated heterocycles. The van der Waals surface area contributed by atoms with Crippen LogP contribution in [0.5, 0.6) is 11.5 Å². The summed E-state index contributed by atoms with van der Waals surface area (Å²) in [5.74, 6) is 1.51. The third-order valence-electron chi connectivity index (χ3n) is 4.46. The van der Waals surface area contributed by atoms with Crippen LogP contribution >= 0.6 is 11.8 Å². The molecule has 0 fully saturated rings. The molecule has 0 bridgehead atoms. The van der Waals surface area contributed by atoms with Crippen molar-refractivity contribution in [1.29, 1.82) is 0 Å². The molecular formula is C20H21N5O3S. The Kier molecular flexibility index (Phi) is 5.66. The zero-order chi connectivity index (χ0) is 20.2. The van der Waals surface area contributed by atoms with Gasteiger partial charge in [0.15, 0.2) is 11.5 Å². The van der Waals surface area contributed by atoms with Gasteiger partial charge in [-0.3, -0.25) is 4.79 Å². The number of rotatable bonds is 6. The van der Waals surface area contributed by atoms with Gasteiger partial charge >= 0.3 is 0 Å². The maximum absolute atomic E-state index is 12.3. The third kappa shape index (κ3) is 4.51. The van der Waals surface area contributed by atoms with E-state index in [1.54, 1.807) is 4.68 Å². The standard InChI is InChI=1S/C20H21N5O3S/c1-13-7-8-14(2)16(9-13)25-20(22-23-24-25)29-12-19(26)21-10-15-11-27-17-5-3-4-6-18(17)28-15/h3-9,15H,10-12H2,1-2H3,(H,21,26). The van der Waals surface area contributed by atoms with Crippen LogP contribution in [-0.4, -0.2) is 51.1 Å². The number of fused-ring (bicyclic) bond motifs is 1. The van der Waals surface area contributed by atoms with E-state index in [9.17, 15) is 4.79 Å². The molecular weight excluding hydrogens is 390 g/mol. The normalized spacial score (nSPS) is 15.2. The Morgan fingerprint density at radius 3 is 2.93 bits per heavy atom. The zero-order valence-corrected chi connectivity index (χ0v) is 17.0. The first kappa shape index (κ1) is 19.3. The second kappa shape index (κ2) is 8.52. The van der Waals surface area contributed by atoms with Gasteiger partial charge in [0.25, 0.3) is 0 Å². The maximum Gasteiger partial charge on any atom is 0.230 e. The van der Waals surface area contributed by atoms with Crippen molar-refractivity contribution in [3.8, 4) is 17.2 Å². The largest absolute Gasteiger partial charge is 0.486 e. The highest BCUT2D eigenvalue weighted by molar-refractivity contribution is 7.99. The van der Waals surface area contributed by atoms with Crippen molar-refractivity contribution in [2.24, 2.45) is 0 Å². The first-order valence-corrected chi connectivity index (χ1v) is 10.2. The molecule has 1 amide bonds. The molecule has 1 unspecified atom stereocenters. The Bertz CT molecular complexity index is 1020. The number of hydrogen-bond donors (Lipinski definition) is 1. The van der Waals surface area contributed by atoms with Gasteiger partial charge in [-0.05, 0) is 53.6 Å². The number of amides is 1. The number of hydrogen-bond acceptors (Lipinski definition) is 7. The molecule has 0 aliphatic carbocycles. The number of carbonyl (C=O) groups is 1. The van der Waals surface area contributed by atoms with Gasteiger partial charge < -0.3 is 14.8 Å². The highest BCUT2D eigenvalue weighted by Crippen LogP contribution is 2.30. The van der Waals surface area contributed by atoms with Crippen LogP contribution in [0.15, 0.2) is 47.6 Å². The van der Waals surface area contributed by atoms with Gasteiger partial charge in [0, 0.05) is 0 Å². The molecule has 0 spiro atoms. The van der Waals surface area contributed by atoms with Crippen LogP contribution in [0.25, 0.3) is 5.69 Å². The van der Waals surface area contributed by atoms with E-state index in [2.05, 4.69) is 20.8 Å². The fourth-order valence-corrected chi connectivity index (χ4v) is 3.65. The van der Waals surface area contributed by atoms with Crippen LogP contribution < -0.4 is 14.8 Å². The molecule has 1 aliphatic rings. The second-order valence-electron chi connectivity index (χ2n) is 6.75. The van der Waals surface area contributed by atoms with Crippen LogP contribution in [0.1, 0.15) is 11.1 Å². The number of thioether (sulfide) groups is 1. The lowest BCUT2D eigenvalue weighted by atomic mass is 10.1. The lowest BCUT2D eigenvalue weighted by molar-refractivity contribution is -0.119. The molecule has 8 nitrogen and oxygen atoms in total. The number of nitrogens with zero attached hydrogens (tertiary/aromatic N) is 4. The van der Waals surface area contributed by atoms with Crippen molar-refractivity contribution in [3.05, 3.63) is 53.6 Å². The van der Waals surface area contributed by atoms with Crippen molar-refractivity contribution < 1.29 is 14.3 Å². The maximum atomic E-state index is 12.3. The van der Waals surface area contributed by atoms with Crippen LogP contribution in [0.2, 0.25) is 0 Å². The third-order valence-corrected chi connectivity index (χ3v) is 5.38. The monoisotopic (exact) mass is 411 g/mol. The summed E-state index contributed by atoms with van der Waals surface area (Å²) in [5, 5.41) is 15.3. The molecule has 3 aromatic rings. The summed E-state index contributed by atoms with van der Waals surface area (Å²) in [7, 11) is 0. The van der Waals surface area contributed by atoms with Crippen LogP contribution in [0.4, 0.5) is 0 Å². The predicted molar refractivity (Wildman–Crippen MR) is 109 cm³/mol. The molecule has 0 radical (unpaired) electrons. The topological polar surface area (TPSA) is 91.2 Å². The first-order chi connectivity index (χ1) is 14.1. The van der Waals surface area contributed by atoms with Gasteiger partial charge in [-0.15, -0.1) is 5.10 Å². The Labute approximate surface area is 172 Å². The minimum Gasteiger partial charge on any atom is -0.486 e. The van der Waals surface area contributed by atoms with Crippen LogP contribution in [0.3, 0.4) is 0 Å². The van der Waals surface area contributed by atoms with Crippen LogP contribution in [-0.2, 0) is 4.79 Å². The van der Waals surface area contributed by atoms with Gasteiger partial charge in [0.1, 0.15) is 12.7 Å². The van der Waals surface area contributed by atoms with E-state index in [0.717, 1.165) is 22.6 Å². The highest BCUT2D eigenvalue weighted by atomic mass is 32.2. The minimum absolute atomic E-state index is 0.118. The summed E-state index contributed by atoms with van der Waals surface area (Å²) in [6.07, 6.45) is -0.223. The van der Waals surface area contributed by atoms with E-state index in [4.69, 9.17) is 9.47 Å². The Hall–Kier alpha value is -3.07. The molecule has 1 N–H and O–H groups in total. The number of aromatic nitrogens is 4. The summed E-state index contributed by atoms with van der Waals surface area (Å²) in [6.45, 7) is 4.79. The molecule has 9 heteroatoms. The minimum atomic E-state index is -0.223. The Balaban J connectivity index is 1.31. The summed E-state index contributed by atoms with van der Waals surface area (Å²) in [6, 6.07) is 13.6. The quantitative estimate of drug-likeness (QED) is 0.623. The van der Waals surface area contributed by atoms with Gasteiger partial charge in [0.2, 0.25) is 11.1 Å². The van der Waals surface area contributed by atoms with Crippen LogP contribution in [0, 0.1) is 13.8 Å². The van der Waals surface area contributed by atoms with E-state index in [0.29, 0.717) is 24.1 Å². The average Bonchev–Trinajstić information content (AvgIpc) is 3.20. The smallest absolute Gasteiger partial charge is 0.230 e. The number of carbonyl (C=O) groups excluding carboxylic acids is 1. The van der Waals surface area contributed by atoms with Crippen molar-refractivity contribution >= 4 is 17.7 Å². The van der Waals surface area contributed by atoms with Gasteiger partial charge in [-0.1, -0.05) is 36.0 Å². The number of nitrogens with one attached hydrogen (secondary N) is 1. The molecule has 150 valence electrons. The van der Waals surface area contributed by atoms with Gasteiger partial charge in [0.05, 0.1) is 18.0 Å². The fraction of sp³-hybridized carbons (Fsp3) is 0.300. The Morgan fingerprint density at radius 2 is 2.07 bits per heavy atom. The average molecular weight is 411 g/mol. The predicted octanol–water partition coefficient (Wildman–Crippen LogP) is 2.33. The summed E-state index contributed by atoms with van der Waals surface area (Å²) < 4.78 is 13.2. The van der Waals surface area contributed by atoms with Crippen molar-refractivity contribution in [2.75, 3.05) is 18.9 Å². The van der Waals surface area contributed by atoms with E-state index < -0.39 is 0 Å². The van der Waals surface area contributed by atoms with E-state index >= 15 is 0 Å². The zero-order valence-electron chi connectivity index (χ0n) is 16.2. The lowest BCUT2D eigenvalue weighted by Crippen LogP contribution is -2.41. The van der Waals surface area contributed by atoms with Crippen molar-refractivity contribution in [1.82, 2.24) is 25.5 Å². The SMILES string of the molecule is Cc1ccc(C)c(-n2nnnc2SCC(=O)NCC2COc3ccccc3O2)c1. The molecule has 1 aromatic heterocycles. The van der Waals surface area contributed by atoms with E-state index in [-0.39, 0.29) is 17.8 Å². The van der Waals surface area contributed by atoms with Gasteiger partial charge in [-0.2, -0.15) is 4.68 Å². The van der Waals surface area contributed by atoms with Crippen molar-refractivity contribution in [3.63, 3.8) is 0 Å². The molecule has 1 atom stereocenters. The highest BCUT2D eigenvalue weighted by Gasteiger charge is 2.21. The number of benzene rings is 2. The molecule has 0 saturated carbocycles.